The van der Waals surface area contributed by atoms with Gasteiger partial charge in [-0.15, -0.1) is 0 Å². The highest BCUT2D eigenvalue weighted by Crippen LogP contribution is 2.25. The molecule has 0 bridgehead atoms. The van der Waals surface area contributed by atoms with E-state index in [1.165, 1.54) is 0 Å². The summed E-state index contributed by atoms with van der Waals surface area (Å²) in [5, 5.41) is 7.11. The van der Waals surface area contributed by atoms with Crippen LogP contribution >= 0.6 is 0 Å². The highest BCUT2D eigenvalue weighted by Gasteiger charge is 2.08. The molecule has 2 aliphatic rings. The minimum Gasteiger partial charge on any atom is -0.397 e. The second-order valence-corrected chi connectivity index (χ2v) is 2.00. The summed E-state index contributed by atoms with van der Waals surface area (Å²) in [6.07, 6.45) is 1.58. The van der Waals surface area contributed by atoms with Gasteiger partial charge < -0.3 is 5.73 Å². The predicted molar refractivity (Wildman–Crippen MR) is 35.3 cm³/mol. The molecule has 0 aromatic rings. The maximum absolute atomic E-state index is 5.53. The number of nitrogen functional groups attached to an aromatic ring is 1. The van der Waals surface area contributed by atoms with Gasteiger partial charge in [0.2, 0.25) is 0 Å². The van der Waals surface area contributed by atoms with Crippen molar-refractivity contribution in [3.05, 3.63) is 18.3 Å². The Morgan fingerprint density at radius 2 is 2.30 bits per heavy atom. The number of fused-ring (bicyclic) bond motifs is 1. The molecule has 0 saturated heterocycles. The molecule has 0 atom stereocenters. The normalized spacial score (nSPS) is 10.4. The lowest BCUT2D eigenvalue weighted by Crippen LogP contribution is -1.87. The number of rotatable bonds is 0. The van der Waals surface area contributed by atoms with Crippen LogP contribution in [0, 0.1) is 0 Å². The predicted octanol–water partition coefficient (Wildman–Crippen LogP) is 0.757. The van der Waals surface area contributed by atoms with Crippen molar-refractivity contribution in [2.45, 2.75) is 0 Å². The molecule has 0 aromatic carbocycles. The van der Waals surface area contributed by atoms with E-state index in [0.29, 0.717) is 11.4 Å². The molecular weight excluding hydrogens is 130 g/mol. The van der Waals surface area contributed by atoms with E-state index in [4.69, 9.17) is 5.73 Å². The smallest absolute Gasteiger partial charge is 0.137 e. The van der Waals surface area contributed by atoms with E-state index in [1.807, 2.05) is 6.07 Å². The Morgan fingerprint density at radius 1 is 1.40 bits per heavy atom. The lowest BCUT2D eigenvalue weighted by atomic mass is 10.3. The maximum atomic E-state index is 5.53. The summed E-state index contributed by atoms with van der Waals surface area (Å²) in [7, 11) is 0. The van der Waals surface area contributed by atoms with Crippen molar-refractivity contribution >= 4 is 5.69 Å². The molecule has 0 spiro atoms. The van der Waals surface area contributed by atoms with Gasteiger partial charge in [0.15, 0.2) is 0 Å². The van der Waals surface area contributed by atoms with E-state index in [9.17, 15) is 0 Å². The molecule has 0 amide bonds. The number of aromatic nitrogens is 2. The average molecular weight is 135 g/mol. The van der Waals surface area contributed by atoms with Crippen LogP contribution in [0.1, 0.15) is 0 Å². The fourth-order valence-electron chi connectivity index (χ4n) is 0.858. The quantitative estimate of drug-likeness (QED) is 0.579. The highest BCUT2D eigenvalue weighted by atomic mass is 16.6. The average Bonchev–Trinajstić information content (AvgIpc) is 2.34. The second-order valence-electron chi connectivity index (χ2n) is 2.00. The standard InChI is InChI=1S/C6H5N3O/c7-5-2-1-4-3-8-10-9-6(4)5/h1-3H,7H2. The molecule has 0 saturated carbocycles. The van der Waals surface area contributed by atoms with E-state index in [0.717, 1.165) is 5.56 Å². The summed E-state index contributed by atoms with van der Waals surface area (Å²) in [6.45, 7) is 0. The first-order chi connectivity index (χ1) is 4.88. The van der Waals surface area contributed by atoms with Crippen molar-refractivity contribution in [3.63, 3.8) is 0 Å². The van der Waals surface area contributed by atoms with Gasteiger partial charge in [-0.05, 0) is 17.3 Å². The summed E-state index contributed by atoms with van der Waals surface area (Å²) >= 11 is 0. The molecule has 1 aliphatic carbocycles. The van der Waals surface area contributed by atoms with Gasteiger partial charge in [0.1, 0.15) is 5.69 Å². The van der Waals surface area contributed by atoms with Crippen molar-refractivity contribution in [3.8, 4) is 11.3 Å². The van der Waals surface area contributed by atoms with Gasteiger partial charge in [-0.25, -0.2) is 4.63 Å². The number of nitrogens with zero attached hydrogens (tertiary/aromatic N) is 2. The van der Waals surface area contributed by atoms with E-state index in [1.54, 1.807) is 12.3 Å². The number of nitrogens with two attached hydrogens (primary N) is 1. The summed E-state index contributed by atoms with van der Waals surface area (Å²) in [5.74, 6) is 0. The van der Waals surface area contributed by atoms with Gasteiger partial charge in [-0.2, -0.15) is 0 Å². The van der Waals surface area contributed by atoms with Crippen LogP contribution in [0.15, 0.2) is 23.0 Å². The third kappa shape index (κ3) is 0.556. The number of anilines is 1. The lowest BCUT2D eigenvalue weighted by Gasteiger charge is -1.91. The Hall–Kier alpha value is -1.58. The first kappa shape index (κ1) is 5.22. The molecule has 0 fully saturated rings. The minimum absolute atomic E-state index is 0.626. The summed E-state index contributed by atoms with van der Waals surface area (Å²) in [6, 6.07) is 3.62. The first-order valence-corrected chi connectivity index (χ1v) is 2.83. The van der Waals surface area contributed by atoms with Gasteiger partial charge in [0, 0.05) is 5.56 Å². The molecule has 2 rings (SSSR count). The fraction of sp³-hybridized carbons (Fsp3) is 0. The van der Waals surface area contributed by atoms with Crippen LogP contribution in [-0.2, 0) is 0 Å². The number of hydrogen-bond acceptors (Lipinski definition) is 4. The van der Waals surface area contributed by atoms with Crippen LogP contribution in [-0.4, -0.2) is 10.3 Å². The van der Waals surface area contributed by atoms with Gasteiger partial charge in [-0.3, -0.25) is 0 Å². The van der Waals surface area contributed by atoms with Crippen molar-refractivity contribution in [2.75, 3.05) is 5.73 Å². The van der Waals surface area contributed by atoms with E-state index >= 15 is 0 Å². The van der Waals surface area contributed by atoms with Crippen molar-refractivity contribution in [2.24, 2.45) is 0 Å². The summed E-state index contributed by atoms with van der Waals surface area (Å²) in [4.78, 5) is 0. The number of hydrogen-bond donors (Lipinski definition) is 1. The van der Waals surface area contributed by atoms with Crippen LogP contribution in [0.3, 0.4) is 0 Å². The molecule has 50 valence electrons. The van der Waals surface area contributed by atoms with Crippen LogP contribution in [0.2, 0.25) is 0 Å². The molecule has 4 heteroatoms. The Kier molecular flexibility index (Phi) is 0.887. The molecule has 0 aromatic heterocycles. The van der Waals surface area contributed by atoms with Crippen molar-refractivity contribution in [1.29, 1.82) is 0 Å². The third-order valence-electron chi connectivity index (χ3n) is 1.36. The fourth-order valence-corrected chi connectivity index (χ4v) is 0.858. The largest absolute Gasteiger partial charge is 0.397 e. The van der Waals surface area contributed by atoms with Gasteiger partial charge in [0.05, 0.1) is 11.9 Å². The minimum atomic E-state index is 0.626. The molecule has 1 heterocycles. The molecule has 10 heavy (non-hydrogen) atoms. The SMILES string of the molecule is Nc1ccc2cnonc1-2. The van der Waals surface area contributed by atoms with E-state index < -0.39 is 0 Å². The van der Waals surface area contributed by atoms with E-state index in [2.05, 4.69) is 14.9 Å². The maximum Gasteiger partial charge on any atom is 0.137 e. The zero-order chi connectivity index (χ0) is 6.97. The van der Waals surface area contributed by atoms with Crippen LogP contribution in [0.5, 0.6) is 0 Å². The molecule has 0 radical (unpaired) electrons. The zero-order valence-electron chi connectivity index (χ0n) is 5.11. The van der Waals surface area contributed by atoms with Gasteiger partial charge >= 0.3 is 0 Å². The van der Waals surface area contributed by atoms with E-state index in [-0.39, 0.29) is 0 Å². The molecule has 2 N–H and O–H groups in total. The third-order valence-corrected chi connectivity index (χ3v) is 1.36. The van der Waals surface area contributed by atoms with Gasteiger partial charge in [-0.1, -0.05) is 5.16 Å². The highest BCUT2D eigenvalue weighted by molar-refractivity contribution is 5.74. The Balaban J connectivity index is 2.78. The van der Waals surface area contributed by atoms with Crippen molar-refractivity contribution in [1.82, 2.24) is 10.3 Å². The molecule has 0 unspecified atom stereocenters. The zero-order valence-corrected chi connectivity index (χ0v) is 5.11. The monoisotopic (exact) mass is 135 g/mol. The van der Waals surface area contributed by atoms with Crippen LogP contribution in [0.25, 0.3) is 11.3 Å². The van der Waals surface area contributed by atoms with Crippen molar-refractivity contribution < 1.29 is 4.63 Å². The van der Waals surface area contributed by atoms with Crippen LogP contribution < -0.4 is 5.73 Å². The lowest BCUT2D eigenvalue weighted by molar-refractivity contribution is 0.285. The summed E-state index contributed by atoms with van der Waals surface area (Å²) in [5.41, 5.74) is 7.73. The van der Waals surface area contributed by atoms with Gasteiger partial charge in [0.25, 0.3) is 0 Å². The van der Waals surface area contributed by atoms with Crippen LogP contribution in [0.4, 0.5) is 5.69 Å². The molecular formula is C6H5N3O. The summed E-state index contributed by atoms with van der Waals surface area (Å²) < 4.78 is 4.45. The molecule has 1 aliphatic heterocycles. The second kappa shape index (κ2) is 1.70. The topological polar surface area (TPSA) is 64.9 Å². The Morgan fingerprint density at radius 3 is 3.10 bits per heavy atom. The first-order valence-electron chi connectivity index (χ1n) is 2.83. The Labute approximate surface area is 56.9 Å². The Bertz CT molecular complexity index is 317. The molecule has 4 nitrogen and oxygen atoms in total.